The number of hydrogen-bond acceptors (Lipinski definition) is 7. The fraction of sp³-hybridized carbons (Fsp3) is 0.364. The standard InChI is InChI=1S/C22H25FN6O3S/c1-3-25-18-16(17(24)32-2)27-20(33-18)28-21(31)29-10-8-22(9-11-29)15(12-26-19(22)30)13-4-6-14(23)7-5-13/h3-7,15H,1,8-12,24H2,2H3,(H,26,30)(H,27,28,31)/b17-16-,25-18+/t15-/m1/s1. The van der Waals surface area contributed by atoms with Crippen molar-refractivity contribution in [3.8, 4) is 0 Å². The Balaban J connectivity index is 1.44. The Labute approximate surface area is 195 Å². The van der Waals surface area contributed by atoms with Gasteiger partial charge in [0.1, 0.15) is 10.9 Å². The molecule has 3 aliphatic heterocycles. The van der Waals surface area contributed by atoms with Crippen LogP contribution in [0.4, 0.5) is 9.18 Å². The van der Waals surface area contributed by atoms with E-state index in [0.717, 1.165) is 17.3 Å². The van der Waals surface area contributed by atoms with Crippen LogP contribution in [0, 0.1) is 11.2 Å². The van der Waals surface area contributed by atoms with Gasteiger partial charge in [0.2, 0.25) is 11.8 Å². The number of aliphatic imine (C=N–C) groups is 2. The molecule has 33 heavy (non-hydrogen) atoms. The van der Waals surface area contributed by atoms with Gasteiger partial charge in [-0.3, -0.25) is 10.1 Å². The summed E-state index contributed by atoms with van der Waals surface area (Å²) in [5, 5.41) is 6.55. The van der Waals surface area contributed by atoms with Crippen molar-refractivity contribution in [1.82, 2.24) is 15.5 Å². The summed E-state index contributed by atoms with van der Waals surface area (Å²) < 4.78 is 18.4. The van der Waals surface area contributed by atoms with Crippen LogP contribution in [0.15, 0.2) is 58.6 Å². The van der Waals surface area contributed by atoms with E-state index in [1.54, 1.807) is 17.0 Å². The van der Waals surface area contributed by atoms with Crippen LogP contribution in [0.2, 0.25) is 0 Å². The number of amidine groups is 1. The number of nitrogens with two attached hydrogens (primary N) is 1. The molecule has 11 heteroatoms. The van der Waals surface area contributed by atoms with Crippen molar-refractivity contribution < 1.29 is 18.7 Å². The van der Waals surface area contributed by atoms with Gasteiger partial charge in [-0.05, 0) is 42.3 Å². The van der Waals surface area contributed by atoms with Crippen LogP contribution in [0.3, 0.4) is 0 Å². The van der Waals surface area contributed by atoms with Crippen molar-refractivity contribution in [3.63, 3.8) is 0 Å². The third kappa shape index (κ3) is 4.32. The highest BCUT2D eigenvalue weighted by Crippen LogP contribution is 2.47. The molecule has 4 N–H and O–H groups in total. The number of rotatable bonds is 3. The van der Waals surface area contributed by atoms with E-state index in [1.165, 1.54) is 25.4 Å². The minimum atomic E-state index is -0.610. The minimum absolute atomic E-state index is 0.0114. The molecule has 0 aromatic heterocycles. The molecule has 0 aliphatic carbocycles. The molecule has 3 amide bonds. The Morgan fingerprint density at radius 1 is 1.42 bits per heavy atom. The molecule has 3 aliphatic rings. The zero-order valence-corrected chi connectivity index (χ0v) is 19.0. The summed E-state index contributed by atoms with van der Waals surface area (Å²) in [6.45, 7) is 4.90. The van der Waals surface area contributed by atoms with E-state index >= 15 is 0 Å². The van der Waals surface area contributed by atoms with Crippen molar-refractivity contribution in [2.24, 2.45) is 21.1 Å². The monoisotopic (exact) mass is 472 g/mol. The first-order valence-corrected chi connectivity index (χ1v) is 11.3. The summed E-state index contributed by atoms with van der Waals surface area (Å²) in [7, 11) is 1.42. The molecule has 174 valence electrons. The predicted molar refractivity (Wildman–Crippen MR) is 125 cm³/mol. The third-order valence-corrected chi connectivity index (χ3v) is 7.17. The SMILES string of the molecule is C=C/N=C1/SC(NC(=O)N2CCC3(CC2)C(=O)NC[C@@H]3c2ccc(F)cc2)=N/C1=C(/N)OC. The van der Waals surface area contributed by atoms with E-state index in [0.29, 0.717) is 48.4 Å². The lowest BCUT2D eigenvalue weighted by molar-refractivity contribution is -0.130. The molecule has 0 bridgehead atoms. The molecule has 0 radical (unpaired) electrons. The number of hydrogen-bond donors (Lipinski definition) is 3. The minimum Gasteiger partial charge on any atom is -0.481 e. The van der Waals surface area contributed by atoms with Gasteiger partial charge in [-0.1, -0.05) is 18.7 Å². The lowest BCUT2D eigenvalue weighted by atomic mass is 9.68. The molecule has 1 aromatic carbocycles. The Morgan fingerprint density at radius 2 is 2.12 bits per heavy atom. The molecule has 4 rings (SSSR count). The molecular weight excluding hydrogens is 447 g/mol. The van der Waals surface area contributed by atoms with E-state index in [-0.39, 0.29) is 29.6 Å². The average Bonchev–Trinajstić information content (AvgIpc) is 3.35. The fourth-order valence-electron chi connectivity index (χ4n) is 4.50. The van der Waals surface area contributed by atoms with Crippen molar-refractivity contribution in [2.75, 3.05) is 26.7 Å². The number of methoxy groups -OCH3 is 1. The second-order valence-corrected chi connectivity index (χ2v) is 8.92. The number of carbonyl (C=O) groups is 2. The smallest absolute Gasteiger partial charge is 0.323 e. The van der Waals surface area contributed by atoms with Crippen LogP contribution in [0.1, 0.15) is 24.3 Å². The summed E-state index contributed by atoms with van der Waals surface area (Å²) in [5.41, 5.74) is 6.47. The normalized spacial score (nSPS) is 24.5. The van der Waals surface area contributed by atoms with Gasteiger partial charge in [0, 0.05) is 31.8 Å². The number of likely N-dealkylation sites (tertiary alicyclic amines) is 1. The molecule has 3 heterocycles. The van der Waals surface area contributed by atoms with Gasteiger partial charge in [-0.15, -0.1) is 0 Å². The van der Waals surface area contributed by atoms with Crippen LogP contribution in [0.25, 0.3) is 0 Å². The van der Waals surface area contributed by atoms with Gasteiger partial charge in [-0.25, -0.2) is 19.2 Å². The highest BCUT2D eigenvalue weighted by molar-refractivity contribution is 8.27. The van der Waals surface area contributed by atoms with Gasteiger partial charge >= 0.3 is 6.03 Å². The predicted octanol–water partition coefficient (Wildman–Crippen LogP) is 2.25. The Hall–Kier alpha value is -3.34. The van der Waals surface area contributed by atoms with Gasteiger partial charge in [0.15, 0.2) is 10.9 Å². The van der Waals surface area contributed by atoms with Crippen LogP contribution < -0.4 is 16.4 Å². The molecule has 0 unspecified atom stereocenters. The Kier molecular flexibility index (Phi) is 6.41. The van der Waals surface area contributed by atoms with Crippen LogP contribution >= 0.6 is 11.8 Å². The van der Waals surface area contributed by atoms with E-state index < -0.39 is 5.41 Å². The summed E-state index contributed by atoms with van der Waals surface area (Å²) in [6, 6.07) is 5.98. The molecule has 0 saturated carbocycles. The third-order valence-electron chi connectivity index (χ3n) is 6.29. The topological polar surface area (TPSA) is 121 Å². The lowest BCUT2D eigenvalue weighted by Crippen LogP contribution is -2.51. The molecule has 9 nitrogen and oxygen atoms in total. The molecule has 2 saturated heterocycles. The maximum atomic E-state index is 13.4. The summed E-state index contributed by atoms with van der Waals surface area (Å²) in [5.74, 6) is -0.294. The number of nitrogens with one attached hydrogen (secondary N) is 2. The molecule has 1 atom stereocenters. The van der Waals surface area contributed by atoms with Crippen molar-refractivity contribution in [1.29, 1.82) is 0 Å². The summed E-state index contributed by atoms with van der Waals surface area (Å²) in [6.07, 6.45) is 2.39. The lowest BCUT2D eigenvalue weighted by Gasteiger charge is -2.40. The fourth-order valence-corrected chi connectivity index (χ4v) is 5.33. The maximum absolute atomic E-state index is 13.4. The van der Waals surface area contributed by atoms with Gasteiger partial charge in [-0.2, -0.15) is 0 Å². The molecule has 2 fully saturated rings. The van der Waals surface area contributed by atoms with E-state index in [2.05, 4.69) is 27.2 Å². The van der Waals surface area contributed by atoms with E-state index in [1.807, 2.05) is 0 Å². The van der Waals surface area contributed by atoms with Crippen molar-refractivity contribution >= 4 is 33.9 Å². The van der Waals surface area contributed by atoms with Crippen LogP contribution in [0.5, 0.6) is 0 Å². The molecular formula is C22H25FN6O3S. The highest BCUT2D eigenvalue weighted by Gasteiger charge is 2.52. The van der Waals surface area contributed by atoms with Crippen LogP contribution in [-0.2, 0) is 9.53 Å². The quantitative estimate of drug-likeness (QED) is 0.583. The zero-order chi connectivity index (χ0) is 23.6. The Bertz CT molecular complexity index is 1060. The second kappa shape index (κ2) is 9.26. The molecule has 1 spiro atoms. The number of thioether (sulfide) groups is 1. The van der Waals surface area contributed by atoms with Crippen LogP contribution in [-0.4, -0.2) is 53.8 Å². The average molecular weight is 473 g/mol. The number of urea groups is 1. The highest BCUT2D eigenvalue weighted by atomic mass is 32.2. The number of nitrogens with zero attached hydrogens (tertiary/aromatic N) is 3. The number of benzene rings is 1. The Morgan fingerprint density at radius 3 is 2.76 bits per heavy atom. The largest absolute Gasteiger partial charge is 0.481 e. The second-order valence-electron chi connectivity index (χ2n) is 7.94. The van der Waals surface area contributed by atoms with E-state index in [9.17, 15) is 14.0 Å². The first-order valence-electron chi connectivity index (χ1n) is 10.5. The zero-order valence-electron chi connectivity index (χ0n) is 18.1. The van der Waals surface area contributed by atoms with Gasteiger partial charge in [0.05, 0.1) is 12.5 Å². The number of piperidine rings is 1. The number of halogens is 1. The first-order chi connectivity index (χ1) is 15.9. The maximum Gasteiger partial charge on any atom is 0.323 e. The summed E-state index contributed by atoms with van der Waals surface area (Å²) in [4.78, 5) is 35.8. The number of amides is 3. The first kappa shape index (κ1) is 22.8. The summed E-state index contributed by atoms with van der Waals surface area (Å²) >= 11 is 1.15. The molecule has 1 aromatic rings. The number of carbonyl (C=O) groups excluding carboxylic acids is 2. The van der Waals surface area contributed by atoms with E-state index in [4.69, 9.17) is 10.5 Å². The van der Waals surface area contributed by atoms with Gasteiger partial charge < -0.3 is 20.7 Å². The van der Waals surface area contributed by atoms with Crippen molar-refractivity contribution in [3.05, 3.63) is 60.0 Å². The van der Waals surface area contributed by atoms with Crippen molar-refractivity contribution in [2.45, 2.75) is 18.8 Å². The number of ether oxygens (including phenoxy) is 1. The van der Waals surface area contributed by atoms with Gasteiger partial charge in [0.25, 0.3) is 0 Å².